The van der Waals surface area contributed by atoms with Crippen molar-refractivity contribution in [1.29, 1.82) is 0 Å². The minimum Gasteiger partial charge on any atom is -0.485 e. The predicted molar refractivity (Wildman–Crippen MR) is 134 cm³/mol. The summed E-state index contributed by atoms with van der Waals surface area (Å²) < 4.78 is 105. The standard InChI is InChI=1S/C23H28F3N3O7S2/c1-22(2,3)36-21(30)27-16-9-10-20-19(12-16)29(13-17(35-20)14-37(31,32)28(4)5)38(33,34)18-8-6-7-15(11-18)23(24,25)26/h6-12,17H,13-14H2,1-5H3,(H,27,30). The summed E-state index contributed by atoms with van der Waals surface area (Å²) in [6.45, 7) is 4.43. The smallest absolute Gasteiger partial charge is 0.416 e. The number of rotatable bonds is 6. The Hall–Kier alpha value is -3.04. The summed E-state index contributed by atoms with van der Waals surface area (Å²) in [6.07, 6.45) is -6.79. The van der Waals surface area contributed by atoms with E-state index in [0.717, 1.165) is 26.8 Å². The molecule has 1 unspecified atom stereocenters. The number of sulfonamides is 2. The maximum atomic E-state index is 13.6. The Bertz CT molecular complexity index is 1420. The van der Waals surface area contributed by atoms with Crippen LogP contribution < -0.4 is 14.4 Å². The summed E-state index contributed by atoms with van der Waals surface area (Å²) in [5.74, 6) is -0.633. The summed E-state index contributed by atoms with van der Waals surface area (Å²) in [5, 5.41) is 2.46. The van der Waals surface area contributed by atoms with Gasteiger partial charge >= 0.3 is 12.3 Å². The second-order valence-corrected chi connectivity index (χ2v) is 13.8. The zero-order chi connectivity index (χ0) is 28.7. The van der Waals surface area contributed by atoms with Crippen LogP contribution in [0, 0.1) is 0 Å². The highest BCUT2D eigenvalue weighted by atomic mass is 32.2. The van der Waals surface area contributed by atoms with Crippen molar-refractivity contribution < 1.29 is 44.3 Å². The third kappa shape index (κ3) is 6.88. The molecule has 1 heterocycles. The number of alkyl halides is 3. The average Bonchev–Trinajstić information content (AvgIpc) is 2.76. The summed E-state index contributed by atoms with van der Waals surface area (Å²) in [4.78, 5) is 11.6. The molecule has 10 nitrogen and oxygen atoms in total. The molecule has 0 bridgehead atoms. The minimum atomic E-state index is -4.79. The Kier molecular flexibility index (Phi) is 7.97. The second-order valence-electron chi connectivity index (χ2n) is 9.67. The van der Waals surface area contributed by atoms with Crippen molar-refractivity contribution in [3.63, 3.8) is 0 Å². The molecule has 0 radical (unpaired) electrons. The third-order valence-electron chi connectivity index (χ3n) is 5.24. The fraction of sp³-hybridized carbons (Fsp3) is 0.435. The lowest BCUT2D eigenvalue weighted by atomic mass is 10.2. The van der Waals surface area contributed by atoms with E-state index in [1.807, 2.05) is 0 Å². The van der Waals surface area contributed by atoms with Gasteiger partial charge in [-0.25, -0.2) is 25.9 Å². The van der Waals surface area contributed by atoms with Crippen LogP contribution in [0.5, 0.6) is 5.75 Å². The van der Waals surface area contributed by atoms with E-state index >= 15 is 0 Å². The van der Waals surface area contributed by atoms with Crippen LogP contribution in [0.15, 0.2) is 47.4 Å². The molecule has 210 valence electrons. The zero-order valence-corrected chi connectivity index (χ0v) is 22.9. The Balaban J connectivity index is 2.08. The lowest BCUT2D eigenvalue weighted by Gasteiger charge is -2.36. The molecule has 2 aromatic rings. The quantitative estimate of drug-likeness (QED) is 0.551. The Morgan fingerprint density at radius 2 is 1.76 bits per heavy atom. The second kappa shape index (κ2) is 10.3. The largest absolute Gasteiger partial charge is 0.485 e. The number of hydrogen-bond donors (Lipinski definition) is 1. The molecule has 1 N–H and O–H groups in total. The molecule has 1 atom stereocenters. The van der Waals surface area contributed by atoms with Crippen LogP contribution in [0.3, 0.4) is 0 Å². The van der Waals surface area contributed by atoms with E-state index in [2.05, 4.69) is 5.32 Å². The van der Waals surface area contributed by atoms with Crippen LogP contribution in [-0.2, 0) is 31.0 Å². The van der Waals surface area contributed by atoms with Gasteiger partial charge in [-0.15, -0.1) is 0 Å². The van der Waals surface area contributed by atoms with Crippen molar-refractivity contribution >= 4 is 37.5 Å². The molecule has 1 aliphatic heterocycles. The van der Waals surface area contributed by atoms with Crippen molar-refractivity contribution in [2.24, 2.45) is 0 Å². The van der Waals surface area contributed by atoms with Crippen LogP contribution in [-0.4, -0.2) is 65.3 Å². The molecule has 0 saturated heterocycles. The lowest BCUT2D eigenvalue weighted by Crippen LogP contribution is -2.47. The highest BCUT2D eigenvalue weighted by Gasteiger charge is 2.39. The molecule has 1 amide bonds. The molecule has 0 saturated carbocycles. The van der Waals surface area contributed by atoms with Gasteiger partial charge in [0.25, 0.3) is 10.0 Å². The van der Waals surface area contributed by atoms with E-state index in [1.54, 1.807) is 20.8 Å². The molecule has 0 spiro atoms. The van der Waals surface area contributed by atoms with E-state index in [1.165, 1.54) is 32.3 Å². The number of halogens is 3. The molecule has 2 aromatic carbocycles. The molecular formula is C23H28F3N3O7S2. The van der Waals surface area contributed by atoms with Gasteiger partial charge in [0.05, 0.1) is 22.7 Å². The van der Waals surface area contributed by atoms with Crippen molar-refractivity contribution in [2.75, 3.05) is 36.0 Å². The van der Waals surface area contributed by atoms with Crippen LogP contribution in [0.4, 0.5) is 29.3 Å². The predicted octanol–water partition coefficient (Wildman–Crippen LogP) is 3.90. The lowest BCUT2D eigenvalue weighted by molar-refractivity contribution is -0.137. The summed E-state index contributed by atoms with van der Waals surface area (Å²) in [6, 6.07) is 7.17. The molecule has 38 heavy (non-hydrogen) atoms. The normalized spacial score (nSPS) is 16.6. The Labute approximate surface area is 219 Å². The fourth-order valence-electron chi connectivity index (χ4n) is 3.47. The number of fused-ring (bicyclic) bond motifs is 1. The molecule has 1 aliphatic rings. The highest BCUT2D eigenvalue weighted by Crippen LogP contribution is 2.40. The van der Waals surface area contributed by atoms with Gasteiger partial charge in [0.15, 0.2) is 0 Å². The molecule has 15 heteroatoms. The number of carbonyl (C=O) groups excluding carboxylic acids is 1. The number of nitrogens with zero attached hydrogens (tertiary/aromatic N) is 2. The molecule has 3 rings (SSSR count). The van der Waals surface area contributed by atoms with Crippen molar-refractivity contribution in [3.05, 3.63) is 48.0 Å². The number of carbonyl (C=O) groups is 1. The number of ether oxygens (including phenoxy) is 2. The monoisotopic (exact) mass is 579 g/mol. The number of nitrogens with one attached hydrogen (secondary N) is 1. The van der Waals surface area contributed by atoms with Gasteiger partial charge in [-0.1, -0.05) is 6.07 Å². The van der Waals surface area contributed by atoms with Crippen molar-refractivity contribution in [3.8, 4) is 5.75 Å². The number of benzene rings is 2. The first-order valence-electron chi connectivity index (χ1n) is 11.2. The van der Waals surface area contributed by atoms with Crippen molar-refractivity contribution in [1.82, 2.24) is 4.31 Å². The van der Waals surface area contributed by atoms with E-state index < -0.39 is 66.8 Å². The van der Waals surface area contributed by atoms with E-state index in [9.17, 15) is 34.8 Å². The fourth-order valence-corrected chi connectivity index (χ4v) is 5.96. The number of amides is 1. The Morgan fingerprint density at radius 1 is 1.11 bits per heavy atom. The van der Waals surface area contributed by atoms with Crippen LogP contribution in [0.1, 0.15) is 26.3 Å². The topological polar surface area (TPSA) is 122 Å². The minimum absolute atomic E-state index is 0.0412. The molecule has 0 fully saturated rings. The van der Waals surface area contributed by atoms with Crippen LogP contribution >= 0.6 is 0 Å². The van der Waals surface area contributed by atoms with Gasteiger partial charge < -0.3 is 9.47 Å². The van der Waals surface area contributed by atoms with Gasteiger partial charge in [-0.05, 0) is 57.2 Å². The van der Waals surface area contributed by atoms with Gasteiger partial charge in [0, 0.05) is 19.8 Å². The van der Waals surface area contributed by atoms with E-state index in [0.29, 0.717) is 6.07 Å². The summed E-state index contributed by atoms with van der Waals surface area (Å²) >= 11 is 0. The Morgan fingerprint density at radius 3 is 2.34 bits per heavy atom. The zero-order valence-electron chi connectivity index (χ0n) is 21.2. The highest BCUT2D eigenvalue weighted by molar-refractivity contribution is 7.93. The first-order valence-corrected chi connectivity index (χ1v) is 14.3. The van der Waals surface area contributed by atoms with Crippen LogP contribution in [0.25, 0.3) is 0 Å². The van der Waals surface area contributed by atoms with E-state index in [-0.39, 0.29) is 17.1 Å². The van der Waals surface area contributed by atoms with E-state index in [4.69, 9.17) is 9.47 Å². The maximum Gasteiger partial charge on any atom is 0.416 e. The van der Waals surface area contributed by atoms with Crippen LogP contribution in [0.2, 0.25) is 0 Å². The van der Waals surface area contributed by atoms with Gasteiger partial charge in [-0.2, -0.15) is 13.2 Å². The molecule has 0 aliphatic carbocycles. The molecular weight excluding hydrogens is 551 g/mol. The summed E-state index contributed by atoms with van der Waals surface area (Å²) in [5.41, 5.74) is -1.97. The third-order valence-corrected chi connectivity index (χ3v) is 8.92. The maximum absolute atomic E-state index is 13.6. The number of hydrogen-bond acceptors (Lipinski definition) is 7. The first-order chi connectivity index (χ1) is 17.3. The van der Waals surface area contributed by atoms with Gasteiger partial charge in [-0.3, -0.25) is 9.62 Å². The van der Waals surface area contributed by atoms with Gasteiger partial charge in [0.1, 0.15) is 23.2 Å². The summed E-state index contributed by atoms with van der Waals surface area (Å²) in [7, 11) is -5.87. The average molecular weight is 580 g/mol. The van der Waals surface area contributed by atoms with Crippen molar-refractivity contribution in [2.45, 2.75) is 43.5 Å². The first kappa shape index (κ1) is 29.5. The number of anilines is 2. The molecule has 0 aromatic heterocycles. The van der Waals surface area contributed by atoms with Gasteiger partial charge in [0.2, 0.25) is 10.0 Å². The SMILES string of the molecule is CN(C)S(=O)(=O)CC1CN(S(=O)(=O)c2cccc(C(F)(F)F)c2)c2cc(NC(=O)OC(C)(C)C)ccc2O1.